The van der Waals surface area contributed by atoms with Crippen LogP contribution in [0.1, 0.15) is 20.7 Å². The predicted octanol–water partition coefficient (Wildman–Crippen LogP) is 7.47. The highest BCUT2D eigenvalue weighted by Crippen LogP contribution is 2.32. The Labute approximate surface area is 220 Å². The molecule has 0 N–H and O–H groups in total. The van der Waals surface area contributed by atoms with Crippen molar-refractivity contribution < 1.29 is 23.8 Å². The van der Waals surface area contributed by atoms with Crippen LogP contribution in [0.5, 0.6) is 17.2 Å². The Morgan fingerprint density at radius 1 is 0.474 bits per heavy atom. The third-order valence-corrected chi connectivity index (χ3v) is 6.00. The molecule has 5 rings (SSSR count). The van der Waals surface area contributed by atoms with Crippen LogP contribution in [-0.4, -0.2) is 19.0 Å². The van der Waals surface area contributed by atoms with Gasteiger partial charge in [0.25, 0.3) is 0 Å². The quantitative estimate of drug-likeness (QED) is 0.171. The zero-order chi connectivity index (χ0) is 26.3. The van der Waals surface area contributed by atoms with E-state index in [-0.39, 0.29) is 17.2 Å². The Hall–Kier alpha value is -5.16. The maximum Gasteiger partial charge on any atom is 0.343 e. The van der Waals surface area contributed by atoms with Gasteiger partial charge in [0.2, 0.25) is 0 Å². The molecule has 0 bridgehead atoms. The Kier molecular flexibility index (Phi) is 7.27. The lowest BCUT2D eigenvalue weighted by Gasteiger charge is -2.12. The van der Waals surface area contributed by atoms with Gasteiger partial charge in [-0.15, -0.1) is 0 Å². The molecule has 0 fully saturated rings. The summed E-state index contributed by atoms with van der Waals surface area (Å²) in [6.07, 6.45) is 0. The third kappa shape index (κ3) is 5.63. The summed E-state index contributed by atoms with van der Waals surface area (Å²) < 4.78 is 16.5. The Morgan fingerprint density at radius 3 is 1.39 bits per heavy atom. The second-order valence-corrected chi connectivity index (χ2v) is 8.48. The van der Waals surface area contributed by atoms with Gasteiger partial charge in [-0.05, 0) is 58.7 Å². The molecule has 5 heteroatoms. The largest absolute Gasteiger partial charge is 0.493 e. The highest BCUT2D eigenvalue weighted by Gasteiger charge is 2.16. The molecule has 0 amide bonds. The smallest absolute Gasteiger partial charge is 0.343 e. The molecule has 0 spiro atoms. The van der Waals surface area contributed by atoms with Crippen molar-refractivity contribution in [1.29, 1.82) is 0 Å². The highest BCUT2D eigenvalue weighted by atomic mass is 16.6. The lowest BCUT2D eigenvalue weighted by Crippen LogP contribution is -2.10. The lowest BCUT2D eigenvalue weighted by atomic mass is 10.0. The summed E-state index contributed by atoms with van der Waals surface area (Å²) in [5.74, 6) is -0.271. The summed E-state index contributed by atoms with van der Waals surface area (Å²) in [7, 11) is 1.45. The molecule has 0 aromatic heterocycles. The molecule has 0 aliphatic heterocycles. The number of esters is 2. The molecule has 0 aliphatic carbocycles. The average Bonchev–Trinajstić information content (AvgIpc) is 2.99. The Morgan fingerprint density at radius 2 is 0.921 bits per heavy atom. The summed E-state index contributed by atoms with van der Waals surface area (Å²) in [4.78, 5) is 25.4. The molecule has 0 heterocycles. The molecule has 5 nitrogen and oxygen atoms in total. The van der Waals surface area contributed by atoms with Crippen LogP contribution in [0, 0.1) is 0 Å². The van der Waals surface area contributed by atoms with E-state index in [1.807, 2.05) is 84.9 Å². The van der Waals surface area contributed by atoms with Crippen molar-refractivity contribution in [1.82, 2.24) is 0 Å². The monoisotopic (exact) mass is 500 g/mol. The molecule has 38 heavy (non-hydrogen) atoms. The predicted molar refractivity (Wildman–Crippen MR) is 147 cm³/mol. The summed E-state index contributed by atoms with van der Waals surface area (Å²) in [6, 6.07) is 38.8. The van der Waals surface area contributed by atoms with Gasteiger partial charge in [0.05, 0.1) is 18.2 Å². The van der Waals surface area contributed by atoms with Crippen LogP contribution in [0.3, 0.4) is 0 Å². The normalized spacial score (nSPS) is 10.4. The third-order valence-electron chi connectivity index (χ3n) is 6.00. The fourth-order valence-corrected chi connectivity index (χ4v) is 3.98. The van der Waals surface area contributed by atoms with Gasteiger partial charge in [0.15, 0.2) is 11.5 Å². The van der Waals surface area contributed by atoms with Gasteiger partial charge < -0.3 is 14.2 Å². The Bertz CT molecular complexity index is 1540. The minimum Gasteiger partial charge on any atom is -0.493 e. The van der Waals surface area contributed by atoms with Gasteiger partial charge in [-0.3, -0.25) is 0 Å². The van der Waals surface area contributed by atoms with Gasteiger partial charge in [-0.1, -0.05) is 84.9 Å². The lowest BCUT2D eigenvalue weighted by molar-refractivity contribution is 0.0715. The van der Waals surface area contributed by atoms with E-state index in [4.69, 9.17) is 14.2 Å². The molecule has 5 aromatic carbocycles. The first-order chi connectivity index (χ1) is 18.6. The first-order valence-electron chi connectivity index (χ1n) is 12.0. The number of carbonyl (C=O) groups excluding carboxylic acids is 2. The summed E-state index contributed by atoms with van der Waals surface area (Å²) in [6.45, 7) is 0. The maximum atomic E-state index is 12.7. The van der Waals surface area contributed by atoms with Crippen molar-refractivity contribution in [3.05, 3.63) is 139 Å². The summed E-state index contributed by atoms with van der Waals surface area (Å²) in [5, 5.41) is 0. The van der Waals surface area contributed by atoms with E-state index in [2.05, 4.69) is 0 Å². The molecule has 0 radical (unpaired) electrons. The molecular formula is C33H24O5. The zero-order valence-corrected chi connectivity index (χ0v) is 20.7. The van der Waals surface area contributed by atoms with Gasteiger partial charge >= 0.3 is 11.9 Å². The second kappa shape index (κ2) is 11.3. The fraction of sp³-hybridized carbons (Fsp3) is 0.0303. The minimum atomic E-state index is -0.522. The molecule has 0 atom stereocenters. The van der Waals surface area contributed by atoms with E-state index >= 15 is 0 Å². The highest BCUT2D eigenvalue weighted by molar-refractivity contribution is 5.93. The first kappa shape index (κ1) is 24.5. The molecule has 5 aromatic rings. The van der Waals surface area contributed by atoms with Crippen molar-refractivity contribution in [2.24, 2.45) is 0 Å². The second-order valence-electron chi connectivity index (χ2n) is 8.48. The van der Waals surface area contributed by atoms with Gasteiger partial charge in [-0.25, -0.2) is 9.59 Å². The van der Waals surface area contributed by atoms with E-state index in [0.29, 0.717) is 11.1 Å². The molecule has 186 valence electrons. The van der Waals surface area contributed by atoms with E-state index in [1.165, 1.54) is 19.2 Å². The fourth-order valence-electron chi connectivity index (χ4n) is 3.98. The first-order valence-corrected chi connectivity index (χ1v) is 12.0. The van der Waals surface area contributed by atoms with Crippen LogP contribution in [0.25, 0.3) is 22.3 Å². The van der Waals surface area contributed by atoms with Crippen molar-refractivity contribution in [3.63, 3.8) is 0 Å². The van der Waals surface area contributed by atoms with Crippen molar-refractivity contribution >= 4 is 11.9 Å². The summed E-state index contributed by atoms with van der Waals surface area (Å²) in [5.41, 5.74) is 4.95. The van der Waals surface area contributed by atoms with Gasteiger partial charge in [0, 0.05) is 6.07 Å². The van der Waals surface area contributed by atoms with Crippen LogP contribution in [0.2, 0.25) is 0 Å². The number of rotatable bonds is 7. The zero-order valence-electron chi connectivity index (χ0n) is 20.7. The summed E-state index contributed by atoms with van der Waals surface area (Å²) >= 11 is 0. The van der Waals surface area contributed by atoms with Crippen molar-refractivity contribution in [2.45, 2.75) is 0 Å². The maximum absolute atomic E-state index is 12.7. The van der Waals surface area contributed by atoms with Crippen molar-refractivity contribution in [2.75, 3.05) is 7.11 Å². The number of hydrogen-bond acceptors (Lipinski definition) is 5. The Balaban J connectivity index is 1.25. The van der Waals surface area contributed by atoms with Gasteiger partial charge in [-0.2, -0.15) is 0 Å². The number of hydrogen-bond donors (Lipinski definition) is 0. The standard InChI is InChI=1S/C33H24O5/c1-36-31-22-29(37-32(34)27-16-12-25(13-17-27)23-8-4-2-5-9-23)20-21-30(31)38-33(35)28-18-14-26(15-19-28)24-10-6-3-7-11-24/h2-22H,1H3. The topological polar surface area (TPSA) is 61.8 Å². The number of benzene rings is 5. The van der Waals surface area contributed by atoms with Crippen molar-refractivity contribution in [3.8, 4) is 39.5 Å². The van der Waals surface area contributed by atoms with E-state index in [0.717, 1.165) is 22.3 Å². The molecule has 0 unspecified atom stereocenters. The molecular weight excluding hydrogens is 476 g/mol. The van der Waals surface area contributed by atoms with Gasteiger partial charge in [0.1, 0.15) is 5.75 Å². The average molecular weight is 501 g/mol. The molecule has 0 saturated carbocycles. The number of ether oxygens (including phenoxy) is 3. The van der Waals surface area contributed by atoms with Crippen LogP contribution in [0.4, 0.5) is 0 Å². The molecule has 0 aliphatic rings. The van der Waals surface area contributed by atoms with Crippen LogP contribution < -0.4 is 14.2 Å². The number of methoxy groups -OCH3 is 1. The van der Waals surface area contributed by atoms with Crippen LogP contribution in [-0.2, 0) is 0 Å². The van der Waals surface area contributed by atoms with Crippen LogP contribution >= 0.6 is 0 Å². The van der Waals surface area contributed by atoms with E-state index in [9.17, 15) is 9.59 Å². The minimum absolute atomic E-state index is 0.219. The van der Waals surface area contributed by atoms with E-state index in [1.54, 1.807) is 30.3 Å². The SMILES string of the molecule is COc1cc(OC(=O)c2ccc(-c3ccccc3)cc2)ccc1OC(=O)c1ccc(-c2ccccc2)cc1. The van der Waals surface area contributed by atoms with Crippen LogP contribution in [0.15, 0.2) is 127 Å². The van der Waals surface area contributed by atoms with E-state index < -0.39 is 11.9 Å². The number of carbonyl (C=O) groups is 2. The molecule has 0 saturated heterocycles.